The van der Waals surface area contributed by atoms with Gasteiger partial charge in [-0.1, -0.05) is 0 Å². The fourth-order valence-corrected chi connectivity index (χ4v) is 3.86. The summed E-state index contributed by atoms with van der Waals surface area (Å²) in [5.74, 6) is 0.198. The molecule has 3 N–H and O–H groups in total. The molecule has 4 rings (SSSR count). The zero-order chi connectivity index (χ0) is 20.6. The quantitative estimate of drug-likeness (QED) is 0.670. The van der Waals surface area contributed by atoms with Crippen LogP contribution >= 0.6 is 0 Å². The van der Waals surface area contributed by atoms with Crippen molar-refractivity contribution in [3.8, 4) is 5.75 Å². The number of nitrogens with zero attached hydrogens (tertiary/aromatic N) is 4. The number of phenolic OH excluding ortho intramolecular Hbond substituents is 1. The van der Waals surface area contributed by atoms with Crippen molar-refractivity contribution < 1.29 is 13.5 Å². The lowest BCUT2D eigenvalue weighted by Crippen LogP contribution is -2.18. The highest BCUT2D eigenvalue weighted by atomic mass is 32.2. The van der Waals surface area contributed by atoms with Gasteiger partial charge < -0.3 is 5.11 Å². The Balaban J connectivity index is 1.73. The minimum Gasteiger partial charge on any atom is -0.508 e. The monoisotopic (exact) mass is 411 g/mol. The number of aromatic hydroxyl groups is 1. The van der Waals surface area contributed by atoms with Gasteiger partial charge >= 0.3 is 0 Å². The number of phenols is 1. The van der Waals surface area contributed by atoms with E-state index in [1.807, 2.05) is 41.1 Å². The fourth-order valence-electron chi connectivity index (χ4n) is 3.35. The molecule has 3 aromatic rings. The topological polar surface area (TPSA) is 114 Å². The van der Waals surface area contributed by atoms with E-state index in [0.717, 1.165) is 29.1 Å². The van der Waals surface area contributed by atoms with Gasteiger partial charge in [-0.15, -0.1) is 0 Å². The molecular formula is C20H21N5O3S. The molecule has 0 unspecified atom stereocenters. The molecule has 1 atom stereocenters. The lowest BCUT2D eigenvalue weighted by molar-refractivity contribution is 0.475. The van der Waals surface area contributed by atoms with E-state index >= 15 is 0 Å². The molecule has 0 aliphatic carbocycles. The van der Waals surface area contributed by atoms with Crippen LogP contribution in [0.5, 0.6) is 5.75 Å². The molecule has 1 aromatic heterocycles. The van der Waals surface area contributed by atoms with Crippen molar-refractivity contribution in [2.45, 2.75) is 30.8 Å². The van der Waals surface area contributed by atoms with Crippen molar-refractivity contribution in [2.75, 3.05) is 5.01 Å². The van der Waals surface area contributed by atoms with Crippen LogP contribution in [0.1, 0.15) is 30.5 Å². The number of nitrogens with two attached hydrogens (primary N) is 1. The zero-order valence-electron chi connectivity index (χ0n) is 15.8. The first-order valence-corrected chi connectivity index (χ1v) is 10.7. The molecule has 29 heavy (non-hydrogen) atoms. The third kappa shape index (κ3) is 3.87. The summed E-state index contributed by atoms with van der Waals surface area (Å²) in [4.78, 5) is 0.0542. The molecular weight excluding hydrogens is 390 g/mol. The molecule has 0 fully saturated rings. The number of hydrazone groups is 1. The van der Waals surface area contributed by atoms with E-state index in [1.54, 1.807) is 24.3 Å². The first kappa shape index (κ1) is 19.2. The molecule has 0 spiro atoms. The Bertz CT molecular complexity index is 1150. The van der Waals surface area contributed by atoms with Gasteiger partial charge in [0.05, 0.1) is 28.5 Å². The number of primary sulfonamides is 1. The summed E-state index contributed by atoms with van der Waals surface area (Å²) < 4.78 is 25.0. The number of hydrogen-bond donors (Lipinski definition) is 2. The molecule has 0 saturated carbocycles. The Morgan fingerprint density at radius 3 is 2.41 bits per heavy atom. The highest BCUT2D eigenvalue weighted by Gasteiger charge is 2.31. The fraction of sp³-hybridized carbons (Fsp3) is 0.200. The maximum Gasteiger partial charge on any atom is 0.238 e. The van der Waals surface area contributed by atoms with Gasteiger partial charge in [-0.25, -0.2) is 13.6 Å². The van der Waals surface area contributed by atoms with Crippen molar-refractivity contribution in [1.29, 1.82) is 0 Å². The van der Waals surface area contributed by atoms with Crippen LogP contribution in [0.25, 0.3) is 0 Å². The average molecular weight is 411 g/mol. The normalized spacial score (nSPS) is 16.8. The molecule has 2 aromatic carbocycles. The standard InChI is InChI=1S/C20H21N5O3S/c1-2-24-13-15(12-22-24)20-11-19(14-3-7-17(26)8-4-14)23-25(20)16-5-9-18(10-6-16)29(21,27)28/h3-10,12-13,20,26H,2,11H2,1H3,(H2,21,27,28)/t20-/m1/s1. The molecule has 0 saturated heterocycles. The first-order chi connectivity index (χ1) is 13.8. The Labute approximate surface area is 168 Å². The predicted octanol–water partition coefficient (Wildman–Crippen LogP) is 2.61. The minimum absolute atomic E-state index is 0.0542. The van der Waals surface area contributed by atoms with Crippen molar-refractivity contribution in [2.24, 2.45) is 10.2 Å². The summed E-state index contributed by atoms with van der Waals surface area (Å²) >= 11 is 0. The van der Waals surface area contributed by atoms with Gasteiger partial charge in [0, 0.05) is 24.7 Å². The zero-order valence-corrected chi connectivity index (χ0v) is 16.6. The van der Waals surface area contributed by atoms with Crippen molar-refractivity contribution in [1.82, 2.24) is 9.78 Å². The number of benzene rings is 2. The maximum atomic E-state index is 11.6. The Kier molecular flexibility index (Phi) is 4.85. The predicted molar refractivity (Wildman–Crippen MR) is 110 cm³/mol. The van der Waals surface area contributed by atoms with Gasteiger partial charge in [-0.2, -0.15) is 10.2 Å². The number of aryl methyl sites for hydroxylation is 1. The first-order valence-electron chi connectivity index (χ1n) is 9.16. The van der Waals surface area contributed by atoms with Crippen LogP contribution in [0.15, 0.2) is 70.9 Å². The molecule has 8 nitrogen and oxygen atoms in total. The maximum absolute atomic E-state index is 11.6. The van der Waals surface area contributed by atoms with Crippen LogP contribution in [0.2, 0.25) is 0 Å². The second-order valence-electron chi connectivity index (χ2n) is 6.83. The Morgan fingerprint density at radius 1 is 1.14 bits per heavy atom. The molecule has 1 aliphatic heterocycles. The van der Waals surface area contributed by atoms with Crippen molar-refractivity contribution in [3.05, 3.63) is 72.1 Å². The highest BCUT2D eigenvalue weighted by Crippen LogP contribution is 2.37. The van der Waals surface area contributed by atoms with E-state index < -0.39 is 10.0 Å². The van der Waals surface area contributed by atoms with Crippen LogP contribution in [0, 0.1) is 0 Å². The largest absolute Gasteiger partial charge is 0.508 e. The number of sulfonamides is 1. The smallest absolute Gasteiger partial charge is 0.238 e. The summed E-state index contributed by atoms with van der Waals surface area (Å²) in [6.45, 7) is 2.79. The Hall–Kier alpha value is -3.17. The van der Waals surface area contributed by atoms with Gasteiger partial charge in [0.25, 0.3) is 0 Å². The van der Waals surface area contributed by atoms with Crippen LogP contribution in [0.3, 0.4) is 0 Å². The lowest BCUT2D eigenvalue weighted by Gasteiger charge is -2.22. The average Bonchev–Trinajstić information content (AvgIpc) is 3.35. The lowest BCUT2D eigenvalue weighted by atomic mass is 10.0. The second-order valence-corrected chi connectivity index (χ2v) is 8.39. The van der Waals surface area contributed by atoms with Gasteiger partial charge in [0.15, 0.2) is 0 Å². The molecule has 0 bridgehead atoms. The van der Waals surface area contributed by atoms with Crippen LogP contribution in [-0.4, -0.2) is 29.0 Å². The van der Waals surface area contributed by atoms with Crippen LogP contribution < -0.4 is 10.1 Å². The highest BCUT2D eigenvalue weighted by molar-refractivity contribution is 7.89. The van der Waals surface area contributed by atoms with E-state index in [1.165, 1.54) is 12.1 Å². The number of anilines is 1. The number of hydrogen-bond acceptors (Lipinski definition) is 6. The van der Waals surface area contributed by atoms with Crippen LogP contribution in [0.4, 0.5) is 5.69 Å². The van der Waals surface area contributed by atoms with Gasteiger partial charge in [0.1, 0.15) is 5.75 Å². The van der Waals surface area contributed by atoms with Crippen molar-refractivity contribution >= 4 is 21.4 Å². The summed E-state index contributed by atoms with van der Waals surface area (Å²) in [5.41, 5.74) is 3.55. The van der Waals surface area contributed by atoms with Crippen molar-refractivity contribution in [3.63, 3.8) is 0 Å². The number of aromatic nitrogens is 2. The van der Waals surface area contributed by atoms with Gasteiger partial charge in [-0.05, 0) is 61.0 Å². The van der Waals surface area contributed by atoms with E-state index in [2.05, 4.69) is 5.10 Å². The number of rotatable bonds is 5. The Morgan fingerprint density at radius 2 is 1.83 bits per heavy atom. The summed E-state index contributed by atoms with van der Waals surface area (Å²) in [6.07, 6.45) is 4.47. The summed E-state index contributed by atoms with van der Waals surface area (Å²) in [5, 5.41) is 25.8. The molecule has 0 amide bonds. The molecule has 0 radical (unpaired) electrons. The van der Waals surface area contributed by atoms with E-state index in [-0.39, 0.29) is 16.7 Å². The molecule has 9 heteroatoms. The van der Waals surface area contributed by atoms with Gasteiger partial charge in [-0.3, -0.25) is 9.69 Å². The second kappa shape index (κ2) is 7.34. The van der Waals surface area contributed by atoms with E-state index in [4.69, 9.17) is 10.2 Å². The third-order valence-corrected chi connectivity index (χ3v) is 5.83. The minimum atomic E-state index is -3.76. The SMILES string of the molecule is CCn1cc([C@H]2CC(c3ccc(O)cc3)=NN2c2ccc(S(N)(=O)=O)cc2)cn1. The van der Waals surface area contributed by atoms with Gasteiger partial charge in [0.2, 0.25) is 10.0 Å². The van der Waals surface area contributed by atoms with Crippen LogP contribution in [-0.2, 0) is 16.6 Å². The molecule has 150 valence electrons. The molecule has 1 aliphatic rings. The van der Waals surface area contributed by atoms with E-state index in [0.29, 0.717) is 6.42 Å². The van der Waals surface area contributed by atoms with E-state index in [9.17, 15) is 13.5 Å². The summed E-state index contributed by atoms with van der Waals surface area (Å²) in [6, 6.07) is 13.2. The third-order valence-electron chi connectivity index (χ3n) is 4.90. The molecule has 2 heterocycles. The summed E-state index contributed by atoms with van der Waals surface area (Å²) in [7, 11) is -3.76.